The van der Waals surface area contributed by atoms with Crippen LogP contribution in [0, 0.1) is 11.8 Å². The van der Waals surface area contributed by atoms with Crippen molar-refractivity contribution < 1.29 is 9.59 Å². The number of hydrogen-bond donors (Lipinski definition) is 3. The highest BCUT2D eigenvalue weighted by Crippen LogP contribution is 2.30. The number of aromatic nitrogens is 1. The van der Waals surface area contributed by atoms with Crippen LogP contribution in [0.25, 0.3) is 0 Å². The zero-order valence-electron chi connectivity index (χ0n) is 25.9. The normalized spacial score (nSPS) is 17.4. The van der Waals surface area contributed by atoms with Crippen molar-refractivity contribution in [2.45, 2.75) is 97.4 Å². The zero-order valence-corrected chi connectivity index (χ0v) is 26.7. The molecule has 1 aromatic rings. The summed E-state index contributed by atoms with van der Waals surface area (Å²) in [5.41, 5.74) is 6.76. The number of carbonyl (C=O) groups excluding carboxylic acids is 2. The predicted molar refractivity (Wildman–Crippen MR) is 180 cm³/mol. The number of rotatable bonds is 20. The van der Waals surface area contributed by atoms with E-state index < -0.39 is 17.7 Å². The molecule has 1 aliphatic rings. The van der Waals surface area contributed by atoms with Crippen LogP contribution in [-0.4, -0.2) is 29.4 Å². The quantitative estimate of drug-likeness (QED) is 0.135. The zero-order chi connectivity index (χ0) is 30.4. The van der Waals surface area contributed by atoms with Gasteiger partial charge in [0.1, 0.15) is 0 Å². The molecule has 3 atom stereocenters. The van der Waals surface area contributed by atoms with Crippen molar-refractivity contribution >= 4 is 28.3 Å². The number of hydrogen-bond acceptors (Lipinski definition) is 5. The molecule has 0 bridgehead atoms. The topological polar surface area (TPSA) is 97.1 Å². The Morgan fingerprint density at radius 1 is 0.905 bits per heavy atom. The Balaban J connectivity index is 1.68. The molecule has 1 aromatic heterocycles. The first-order valence-corrected chi connectivity index (χ1v) is 16.5. The molecule has 4 N–H and O–H groups in total. The van der Waals surface area contributed by atoms with Crippen LogP contribution >= 0.6 is 11.3 Å². The predicted octanol–water partition coefficient (Wildman–Crippen LogP) is 7.76. The Morgan fingerprint density at radius 3 is 1.98 bits per heavy atom. The third-order valence-electron chi connectivity index (χ3n) is 7.22. The maximum atomic E-state index is 13.0. The molecule has 6 nitrogen and oxygen atoms in total. The van der Waals surface area contributed by atoms with Gasteiger partial charge in [-0.25, -0.2) is 4.98 Å². The highest BCUT2D eigenvalue weighted by Gasteiger charge is 2.29. The number of fused-ring (bicyclic) bond motifs is 1. The van der Waals surface area contributed by atoms with E-state index in [1.165, 1.54) is 4.88 Å². The fourth-order valence-corrected chi connectivity index (χ4v) is 5.78. The van der Waals surface area contributed by atoms with E-state index in [2.05, 4.69) is 90.2 Å². The maximum absolute atomic E-state index is 13.0. The number of anilines is 1. The number of nitrogens with zero attached hydrogens (tertiary/aromatic N) is 1. The van der Waals surface area contributed by atoms with Crippen molar-refractivity contribution in [3.8, 4) is 0 Å². The highest BCUT2D eigenvalue weighted by molar-refractivity contribution is 7.15. The second-order valence-corrected chi connectivity index (χ2v) is 11.8. The molecule has 0 spiro atoms. The van der Waals surface area contributed by atoms with Crippen LogP contribution in [-0.2, 0) is 22.4 Å². The third kappa shape index (κ3) is 14.2. The summed E-state index contributed by atoms with van der Waals surface area (Å²) in [6.07, 6.45) is 35.9. The van der Waals surface area contributed by atoms with Crippen molar-refractivity contribution in [2.75, 3.05) is 11.9 Å². The average molecular weight is 593 g/mol. The molecular formula is C35H52N4O2S. The molecule has 1 aliphatic carbocycles. The Hall–Kier alpha value is -3.03. The Kier molecular flexibility index (Phi) is 18.1. The van der Waals surface area contributed by atoms with Gasteiger partial charge in [-0.05, 0) is 77.2 Å². The van der Waals surface area contributed by atoms with Gasteiger partial charge in [0.2, 0.25) is 11.8 Å². The maximum Gasteiger partial charge on any atom is 0.229 e. The summed E-state index contributed by atoms with van der Waals surface area (Å²) in [6.45, 7) is 7.10. The molecule has 42 heavy (non-hydrogen) atoms. The largest absolute Gasteiger partial charge is 0.369 e. The summed E-state index contributed by atoms with van der Waals surface area (Å²) in [5.74, 6) is -1.77. The van der Waals surface area contributed by atoms with E-state index in [0.29, 0.717) is 17.6 Å². The smallest absolute Gasteiger partial charge is 0.229 e. The van der Waals surface area contributed by atoms with Gasteiger partial charge >= 0.3 is 0 Å². The van der Waals surface area contributed by atoms with Gasteiger partial charge in [0.25, 0.3) is 0 Å². The van der Waals surface area contributed by atoms with Crippen molar-refractivity contribution in [1.82, 2.24) is 10.3 Å². The number of aryl methyl sites for hydroxylation is 1. The van der Waals surface area contributed by atoms with Gasteiger partial charge in [0.15, 0.2) is 5.13 Å². The van der Waals surface area contributed by atoms with Gasteiger partial charge in [-0.15, -0.1) is 11.3 Å². The van der Waals surface area contributed by atoms with E-state index in [1.54, 1.807) is 18.3 Å². The summed E-state index contributed by atoms with van der Waals surface area (Å²) in [6, 6.07) is 0.473. The average Bonchev–Trinajstić information content (AvgIpc) is 3.38. The van der Waals surface area contributed by atoms with E-state index >= 15 is 0 Å². The van der Waals surface area contributed by atoms with Crippen molar-refractivity contribution in [3.05, 3.63) is 83.5 Å². The summed E-state index contributed by atoms with van der Waals surface area (Å²) < 4.78 is 0. The minimum Gasteiger partial charge on any atom is -0.369 e. The molecule has 2 amide bonds. The number of thiazole rings is 1. The molecule has 0 saturated heterocycles. The molecule has 2 rings (SSSR count). The van der Waals surface area contributed by atoms with E-state index in [-0.39, 0.29) is 5.91 Å². The molecule has 0 aromatic carbocycles. The fraction of sp³-hybridized carbons (Fsp3) is 0.514. The van der Waals surface area contributed by atoms with E-state index in [9.17, 15) is 9.59 Å². The number of nitrogens with one attached hydrogen (secondary N) is 2. The van der Waals surface area contributed by atoms with Gasteiger partial charge in [0.05, 0.1) is 11.6 Å². The van der Waals surface area contributed by atoms with Crippen LogP contribution in [0.4, 0.5) is 5.13 Å². The summed E-state index contributed by atoms with van der Waals surface area (Å²) in [7, 11) is 0. The molecular weight excluding hydrogens is 540 g/mol. The van der Waals surface area contributed by atoms with Crippen LogP contribution in [0.5, 0.6) is 0 Å². The monoisotopic (exact) mass is 592 g/mol. The number of primary amides is 1. The van der Waals surface area contributed by atoms with Crippen LogP contribution in [0.2, 0.25) is 0 Å². The first-order chi connectivity index (χ1) is 20.5. The Bertz CT molecular complexity index is 1110. The van der Waals surface area contributed by atoms with Gasteiger partial charge in [-0.3, -0.25) is 9.59 Å². The number of allylic oxidation sites excluding steroid dienone is 12. The van der Waals surface area contributed by atoms with E-state index in [4.69, 9.17) is 5.73 Å². The number of amides is 2. The minimum absolute atomic E-state index is 0.211. The molecule has 0 aliphatic heterocycles. The Labute approximate surface area is 258 Å². The SMILES string of the molecule is CCC=CCC=CCC=CCC=CCC=CCC=CCC(C(N)=O)[C@H](C)C(=O)Nc1nc2c(s1)C[C@H](NCCC)CC2. The van der Waals surface area contributed by atoms with Gasteiger partial charge in [-0.2, -0.15) is 0 Å². The first kappa shape index (κ1) is 35.2. The highest BCUT2D eigenvalue weighted by atomic mass is 32.1. The van der Waals surface area contributed by atoms with Crippen molar-refractivity contribution in [3.63, 3.8) is 0 Å². The summed E-state index contributed by atoms with van der Waals surface area (Å²) >= 11 is 1.55. The minimum atomic E-state index is -0.563. The third-order valence-corrected chi connectivity index (χ3v) is 8.26. The van der Waals surface area contributed by atoms with Gasteiger partial charge in [0, 0.05) is 16.8 Å². The van der Waals surface area contributed by atoms with Crippen molar-refractivity contribution in [1.29, 1.82) is 0 Å². The lowest BCUT2D eigenvalue weighted by Gasteiger charge is -2.21. The number of nitrogens with two attached hydrogens (primary N) is 1. The molecule has 0 fully saturated rings. The lowest BCUT2D eigenvalue weighted by atomic mass is 9.89. The van der Waals surface area contributed by atoms with Gasteiger partial charge < -0.3 is 16.4 Å². The van der Waals surface area contributed by atoms with Crippen LogP contribution in [0.15, 0.2) is 72.9 Å². The molecule has 230 valence electrons. The molecule has 7 heteroatoms. The van der Waals surface area contributed by atoms with E-state index in [1.807, 2.05) is 12.2 Å². The van der Waals surface area contributed by atoms with E-state index in [0.717, 1.165) is 76.4 Å². The molecule has 1 heterocycles. The summed E-state index contributed by atoms with van der Waals surface area (Å²) in [5, 5.41) is 7.14. The second-order valence-electron chi connectivity index (χ2n) is 10.7. The molecule has 1 unspecified atom stereocenters. The van der Waals surface area contributed by atoms with Gasteiger partial charge in [-0.1, -0.05) is 93.7 Å². The van der Waals surface area contributed by atoms with Crippen LogP contribution in [0.3, 0.4) is 0 Å². The first-order valence-electron chi connectivity index (χ1n) is 15.7. The van der Waals surface area contributed by atoms with Crippen LogP contribution < -0.4 is 16.4 Å². The fourth-order valence-electron chi connectivity index (χ4n) is 4.68. The standard InChI is InChI=1S/C35H52N4O2S/c1-4-6-7-8-9-10-11-12-13-14-15-16-17-18-19-20-21-22-23-30(33(36)40)28(3)34(41)39-35-38-31-25-24-29(37-26-5-2)27-32(31)42-35/h6-7,9-10,12-13,15-16,18-19,21-22,28-30,37H,4-5,8,11,14,17,20,23-27H2,1-3H3,(H2,36,40)(H,38,39,41)/t28-,29+,30?/m0/s1. The lowest BCUT2D eigenvalue weighted by Crippen LogP contribution is -2.35. The van der Waals surface area contributed by atoms with Crippen LogP contribution in [0.1, 0.15) is 89.1 Å². The Morgan fingerprint density at radius 2 is 1.45 bits per heavy atom. The lowest BCUT2D eigenvalue weighted by molar-refractivity contribution is -0.129. The van der Waals surface area contributed by atoms with Crippen molar-refractivity contribution in [2.24, 2.45) is 17.6 Å². The molecule has 0 saturated carbocycles. The summed E-state index contributed by atoms with van der Waals surface area (Å²) in [4.78, 5) is 31.0. The second kappa shape index (κ2) is 21.6. The number of carbonyl (C=O) groups is 2. The molecule has 0 radical (unpaired) electrons.